The van der Waals surface area contributed by atoms with Gasteiger partial charge in [0, 0.05) is 4.88 Å². The number of carbonyl (C=O) groups excluding carboxylic acids is 1. The van der Waals surface area contributed by atoms with Crippen molar-refractivity contribution in [2.24, 2.45) is 0 Å². The van der Waals surface area contributed by atoms with Crippen LogP contribution < -0.4 is 15.4 Å². The van der Waals surface area contributed by atoms with E-state index in [1.54, 1.807) is 23.5 Å². The van der Waals surface area contributed by atoms with E-state index in [2.05, 4.69) is 20.8 Å². The Kier molecular flexibility index (Phi) is 5.58. The number of hydrogen-bond acceptors (Lipinski definition) is 6. The van der Waals surface area contributed by atoms with E-state index >= 15 is 0 Å². The number of nitrogens with one attached hydrogen (secondary N) is 2. The van der Waals surface area contributed by atoms with Gasteiger partial charge in [-0.2, -0.15) is 0 Å². The van der Waals surface area contributed by atoms with E-state index in [1.165, 1.54) is 0 Å². The molecule has 6 nitrogen and oxygen atoms in total. The Morgan fingerprint density at radius 3 is 2.60 bits per heavy atom. The lowest BCUT2D eigenvalue weighted by molar-refractivity contribution is -0.115. The summed E-state index contributed by atoms with van der Waals surface area (Å²) in [6.45, 7) is 2.52. The smallest absolute Gasteiger partial charge is 0.230 e. The first kappa shape index (κ1) is 16.9. The van der Waals surface area contributed by atoms with Crippen LogP contribution in [-0.4, -0.2) is 22.7 Å². The highest BCUT2D eigenvalue weighted by molar-refractivity contribution is 7.10. The molecular formula is C18H18N4O2S. The first-order valence-corrected chi connectivity index (χ1v) is 8.77. The van der Waals surface area contributed by atoms with Crippen LogP contribution in [0.25, 0.3) is 0 Å². The molecule has 0 aliphatic carbocycles. The van der Waals surface area contributed by atoms with Gasteiger partial charge in [-0.25, -0.2) is 0 Å². The number of ether oxygens (including phenoxy) is 1. The van der Waals surface area contributed by atoms with Gasteiger partial charge in [-0.1, -0.05) is 18.2 Å². The molecule has 0 atom stereocenters. The second kappa shape index (κ2) is 8.25. The van der Waals surface area contributed by atoms with E-state index in [4.69, 9.17) is 4.74 Å². The molecule has 0 saturated carbocycles. The van der Waals surface area contributed by atoms with Gasteiger partial charge in [-0.3, -0.25) is 4.79 Å². The molecule has 1 aromatic carbocycles. The maximum Gasteiger partial charge on any atom is 0.230 e. The summed E-state index contributed by atoms with van der Waals surface area (Å²) in [6.07, 6.45) is 0.334. The molecule has 0 saturated heterocycles. The fraction of sp³-hybridized carbons (Fsp3) is 0.167. The largest absolute Gasteiger partial charge is 0.492 e. The monoisotopic (exact) mass is 354 g/mol. The normalized spacial score (nSPS) is 10.3. The van der Waals surface area contributed by atoms with Crippen LogP contribution >= 0.6 is 11.3 Å². The number of hydrogen-bond donors (Lipinski definition) is 2. The van der Waals surface area contributed by atoms with Gasteiger partial charge in [-0.15, -0.1) is 21.5 Å². The minimum Gasteiger partial charge on any atom is -0.492 e. The van der Waals surface area contributed by atoms with Crippen molar-refractivity contribution in [1.29, 1.82) is 0 Å². The number of para-hydroxylation sites is 2. The molecule has 0 radical (unpaired) electrons. The Hall–Kier alpha value is -2.93. The summed E-state index contributed by atoms with van der Waals surface area (Å²) in [5, 5.41) is 16.0. The topological polar surface area (TPSA) is 76.1 Å². The molecule has 0 fully saturated rings. The Labute approximate surface area is 149 Å². The van der Waals surface area contributed by atoms with Crippen molar-refractivity contribution in [2.45, 2.75) is 13.3 Å². The number of anilines is 3. The second-order valence-electron chi connectivity index (χ2n) is 5.16. The minimum atomic E-state index is -0.112. The number of rotatable bonds is 7. The third-order valence-electron chi connectivity index (χ3n) is 3.30. The molecule has 0 bridgehead atoms. The van der Waals surface area contributed by atoms with E-state index in [1.807, 2.05) is 48.7 Å². The summed E-state index contributed by atoms with van der Waals surface area (Å²) in [5.41, 5.74) is 0.813. The number of amides is 1. The second-order valence-corrected chi connectivity index (χ2v) is 6.19. The summed E-state index contributed by atoms with van der Waals surface area (Å²) in [5.74, 6) is 1.63. The highest BCUT2D eigenvalue weighted by atomic mass is 32.1. The molecule has 0 unspecified atom stereocenters. The number of aromatic nitrogens is 2. The van der Waals surface area contributed by atoms with Crippen molar-refractivity contribution >= 4 is 34.6 Å². The zero-order chi connectivity index (χ0) is 17.5. The molecule has 3 aromatic rings. The van der Waals surface area contributed by atoms with E-state index in [-0.39, 0.29) is 5.91 Å². The lowest BCUT2D eigenvalue weighted by Gasteiger charge is -2.11. The fourth-order valence-corrected chi connectivity index (χ4v) is 2.92. The molecule has 0 spiro atoms. The predicted octanol–water partition coefficient (Wildman–Crippen LogP) is 3.86. The number of nitrogens with zero attached hydrogens (tertiary/aromatic N) is 2. The van der Waals surface area contributed by atoms with Gasteiger partial charge in [0.05, 0.1) is 18.7 Å². The molecule has 2 aromatic heterocycles. The SMILES string of the molecule is CCOc1ccccc1Nc1ccc(NC(=O)Cc2cccs2)nn1. The Balaban J connectivity index is 1.61. The molecule has 0 aliphatic heterocycles. The van der Waals surface area contributed by atoms with Crippen LogP contribution in [0.4, 0.5) is 17.3 Å². The maximum atomic E-state index is 12.0. The zero-order valence-electron chi connectivity index (χ0n) is 13.7. The molecule has 2 N–H and O–H groups in total. The third kappa shape index (κ3) is 4.77. The van der Waals surface area contributed by atoms with Crippen molar-refractivity contribution in [3.05, 3.63) is 58.8 Å². The summed E-state index contributed by atoms with van der Waals surface area (Å²) in [6, 6.07) is 14.9. The average Bonchev–Trinajstić information content (AvgIpc) is 3.11. The van der Waals surface area contributed by atoms with Crippen LogP contribution in [-0.2, 0) is 11.2 Å². The van der Waals surface area contributed by atoms with Gasteiger partial charge >= 0.3 is 0 Å². The first-order valence-electron chi connectivity index (χ1n) is 7.89. The van der Waals surface area contributed by atoms with E-state index in [9.17, 15) is 4.79 Å². The van der Waals surface area contributed by atoms with Crippen molar-refractivity contribution in [3.63, 3.8) is 0 Å². The molecule has 3 rings (SSSR count). The van der Waals surface area contributed by atoms with Crippen LogP contribution in [0.1, 0.15) is 11.8 Å². The number of carbonyl (C=O) groups is 1. The van der Waals surface area contributed by atoms with Crippen molar-refractivity contribution in [2.75, 3.05) is 17.2 Å². The Bertz CT molecular complexity index is 819. The molecule has 1 amide bonds. The van der Waals surface area contributed by atoms with Crippen LogP contribution in [0.15, 0.2) is 53.9 Å². The highest BCUT2D eigenvalue weighted by Gasteiger charge is 2.07. The maximum absolute atomic E-state index is 12.0. The molecule has 0 aliphatic rings. The molecule has 128 valence electrons. The van der Waals surface area contributed by atoms with Crippen LogP contribution in [0.5, 0.6) is 5.75 Å². The number of benzene rings is 1. The van der Waals surface area contributed by atoms with Gasteiger partial charge in [0.1, 0.15) is 5.75 Å². The molecule has 7 heteroatoms. The van der Waals surface area contributed by atoms with Crippen molar-refractivity contribution in [3.8, 4) is 5.75 Å². The highest BCUT2D eigenvalue weighted by Crippen LogP contribution is 2.26. The summed E-state index contributed by atoms with van der Waals surface area (Å²) >= 11 is 1.55. The van der Waals surface area contributed by atoms with E-state index < -0.39 is 0 Å². The standard InChI is InChI=1S/C18H18N4O2S/c1-2-24-15-8-4-3-7-14(15)19-16-9-10-17(22-21-16)20-18(23)12-13-6-5-11-25-13/h3-11H,2,12H2,1H3,(H,19,21)(H,20,22,23). The lowest BCUT2D eigenvalue weighted by atomic mass is 10.3. The molecular weight excluding hydrogens is 336 g/mol. The summed E-state index contributed by atoms with van der Waals surface area (Å²) in [4.78, 5) is 13.0. The Morgan fingerprint density at radius 1 is 1.08 bits per heavy atom. The summed E-state index contributed by atoms with van der Waals surface area (Å²) in [7, 11) is 0. The quantitative estimate of drug-likeness (QED) is 0.674. The predicted molar refractivity (Wildman–Crippen MR) is 99.6 cm³/mol. The van der Waals surface area contributed by atoms with Gasteiger partial charge < -0.3 is 15.4 Å². The Morgan fingerprint density at radius 2 is 1.88 bits per heavy atom. The van der Waals surface area contributed by atoms with Crippen molar-refractivity contribution < 1.29 is 9.53 Å². The van der Waals surface area contributed by atoms with Gasteiger partial charge in [0.15, 0.2) is 11.6 Å². The average molecular weight is 354 g/mol. The van der Waals surface area contributed by atoms with Crippen molar-refractivity contribution in [1.82, 2.24) is 10.2 Å². The van der Waals surface area contributed by atoms with Gasteiger partial charge in [-0.05, 0) is 42.6 Å². The van der Waals surface area contributed by atoms with Crippen LogP contribution in [0.2, 0.25) is 0 Å². The van der Waals surface area contributed by atoms with E-state index in [0.717, 1.165) is 16.3 Å². The van der Waals surface area contributed by atoms with Crippen LogP contribution in [0, 0.1) is 0 Å². The molecule has 2 heterocycles. The van der Waals surface area contributed by atoms with Crippen LogP contribution in [0.3, 0.4) is 0 Å². The minimum absolute atomic E-state index is 0.112. The fourth-order valence-electron chi connectivity index (χ4n) is 2.21. The summed E-state index contributed by atoms with van der Waals surface area (Å²) < 4.78 is 5.57. The van der Waals surface area contributed by atoms with Gasteiger partial charge in [0.2, 0.25) is 5.91 Å². The number of thiophene rings is 1. The first-order chi connectivity index (χ1) is 12.2. The molecule has 25 heavy (non-hydrogen) atoms. The zero-order valence-corrected chi connectivity index (χ0v) is 14.5. The van der Waals surface area contributed by atoms with E-state index in [0.29, 0.717) is 24.7 Å². The van der Waals surface area contributed by atoms with Gasteiger partial charge in [0.25, 0.3) is 0 Å². The lowest BCUT2D eigenvalue weighted by Crippen LogP contribution is -2.15. The third-order valence-corrected chi connectivity index (χ3v) is 4.17.